The monoisotopic (exact) mass is 466 g/mol. The smallest absolute Gasteiger partial charge is 0.303 e. The van der Waals surface area contributed by atoms with Crippen molar-refractivity contribution in [2.75, 3.05) is 6.61 Å². The topological polar surface area (TPSA) is 206 Å². The van der Waals surface area contributed by atoms with Crippen molar-refractivity contribution in [1.82, 2.24) is 0 Å². The molecule has 0 saturated carbocycles. The Morgan fingerprint density at radius 2 is 1.29 bits per heavy atom. The van der Waals surface area contributed by atoms with Crippen LogP contribution in [0.2, 0.25) is 0 Å². The average Bonchev–Trinajstić information content (AvgIpc) is 2.56. The second-order valence-corrected chi connectivity index (χ2v) is 7.25. The van der Waals surface area contributed by atoms with E-state index in [9.17, 15) is 19.2 Å². The Morgan fingerprint density at radius 1 is 0.871 bits per heavy atom. The number of carbonyl (C=O) groups excluding carboxylic acids is 5. The number of ether oxygens (including phenoxy) is 5. The lowest BCUT2D eigenvalue weighted by Crippen LogP contribution is -2.62. The molecular weight excluding hydrogens is 440 g/mol. The standard InChI is InChI=1S/C15H22N2O9S.C2H4O2/c1-6(18)22-5-10-11(23-7(2)19)12(24-8(3)20)13(25-9(4)21)14(26-10)27-15(16)17;1-2(3)4/h10-14H,5H2,1-4H3,(H3,16,17);1H3,(H,3,4)/t10-,11-,12+,13-,14+;/m1./s1. The molecule has 0 spiro atoms. The van der Waals surface area contributed by atoms with Crippen molar-refractivity contribution in [1.29, 1.82) is 0 Å². The molecule has 0 aromatic rings. The molecule has 1 heterocycles. The Bertz CT molecular complexity index is 696. The first-order valence-corrected chi connectivity index (χ1v) is 9.65. The summed E-state index contributed by atoms with van der Waals surface area (Å²) in [7, 11) is 0. The molecule has 0 aromatic carbocycles. The van der Waals surface area contributed by atoms with Crippen molar-refractivity contribution in [3.05, 3.63) is 0 Å². The number of carboxylic acids is 1. The van der Waals surface area contributed by atoms with E-state index in [1.807, 2.05) is 0 Å². The van der Waals surface area contributed by atoms with Gasteiger partial charge in [-0.2, -0.15) is 0 Å². The zero-order valence-electron chi connectivity index (χ0n) is 17.6. The van der Waals surface area contributed by atoms with Crippen LogP contribution in [0.25, 0.3) is 0 Å². The first kappa shape index (κ1) is 28.1. The van der Waals surface area contributed by atoms with E-state index >= 15 is 0 Å². The third-order valence-electron chi connectivity index (χ3n) is 3.20. The summed E-state index contributed by atoms with van der Waals surface area (Å²) >= 11 is 0.816. The summed E-state index contributed by atoms with van der Waals surface area (Å²) in [6.45, 7) is 5.28. The molecular formula is C17H26N2O11S. The Hall–Kier alpha value is -2.87. The van der Waals surface area contributed by atoms with E-state index in [4.69, 9.17) is 44.7 Å². The highest BCUT2D eigenvalue weighted by molar-refractivity contribution is 8.13. The molecule has 176 valence electrons. The van der Waals surface area contributed by atoms with Crippen LogP contribution in [-0.2, 0) is 47.7 Å². The van der Waals surface area contributed by atoms with E-state index < -0.39 is 59.7 Å². The number of amidine groups is 1. The highest BCUT2D eigenvalue weighted by Crippen LogP contribution is 2.33. The molecule has 31 heavy (non-hydrogen) atoms. The molecule has 4 N–H and O–H groups in total. The molecule has 1 rings (SSSR count). The molecule has 1 fully saturated rings. The highest BCUT2D eigenvalue weighted by atomic mass is 32.2. The van der Waals surface area contributed by atoms with E-state index in [2.05, 4.69) is 0 Å². The van der Waals surface area contributed by atoms with Gasteiger partial charge in [-0.25, -0.2) is 0 Å². The van der Waals surface area contributed by atoms with E-state index in [0.29, 0.717) is 0 Å². The Morgan fingerprint density at radius 3 is 1.68 bits per heavy atom. The summed E-state index contributed by atoms with van der Waals surface area (Å²) in [6.07, 6.45) is -4.64. The quantitative estimate of drug-likeness (QED) is 0.170. The van der Waals surface area contributed by atoms with Gasteiger partial charge in [0.1, 0.15) is 12.7 Å². The molecule has 0 amide bonds. The van der Waals surface area contributed by atoms with Gasteiger partial charge in [0.25, 0.3) is 0 Å². The van der Waals surface area contributed by atoms with Crippen LogP contribution in [0.5, 0.6) is 0 Å². The van der Waals surface area contributed by atoms with E-state index in [-0.39, 0.29) is 11.8 Å². The molecule has 14 heteroatoms. The van der Waals surface area contributed by atoms with E-state index in [1.165, 1.54) is 6.92 Å². The van der Waals surface area contributed by atoms with Gasteiger partial charge in [0.2, 0.25) is 0 Å². The number of carbonyl (C=O) groups is 5. The fourth-order valence-electron chi connectivity index (χ4n) is 2.42. The lowest BCUT2D eigenvalue weighted by molar-refractivity contribution is -0.302. The lowest BCUT2D eigenvalue weighted by Gasteiger charge is -2.43. The fourth-order valence-corrected chi connectivity index (χ4v) is 3.23. The first-order chi connectivity index (χ1) is 14.2. The van der Waals surface area contributed by atoms with Crippen molar-refractivity contribution in [3.63, 3.8) is 0 Å². The molecule has 0 unspecified atom stereocenters. The van der Waals surface area contributed by atoms with Crippen LogP contribution < -0.4 is 16.2 Å². The predicted molar refractivity (Wildman–Crippen MR) is 101 cm³/mol. The first-order valence-electron chi connectivity index (χ1n) is 8.77. The SMILES string of the molecule is CC(=O)OC[C@H]1O[C@@H](SC(N)=[NH2+])[C@H](OC(C)=O)[C@@H](OC(C)=O)[C@@H]1OC(C)=O.CC(=O)[O-]. The second kappa shape index (κ2) is 13.4. The summed E-state index contributed by atoms with van der Waals surface area (Å²) in [5.41, 5.74) is 4.50. The molecule has 1 aliphatic rings. The fraction of sp³-hybridized carbons (Fsp3) is 0.647. The molecule has 13 nitrogen and oxygen atoms in total. The minimum Gasteiger partial charge on any atom is -0.550 e. The summed E-state index contributed by atoms with van der Waals surface area (Å²) in [4.78, 5) is 54.7. The van der Waals surface area contributed by atoms with Crippen molar-refractivity contribution in [2.45, 2.75) is 64.5 Å². The van der Waals surface area contributed by atoms with Crippen LogP contribution in [0.1, 0.15) is 34.6 Å². The maximum absolute atomic E-state index is 11.6. The molecule has 0 bridgehead atoms. The number of aliphatic carboxylic acids is 1. The number of carboxylic acid groups (broad SMARTS) is 1. The number of rotatable bonds is 6. The van der Waals surface area contributed by atoms with E-state index in [1.54, 1.807) is 0 Å². The number of hydrogen-bond acceptors (Lipinski definition) is 12. The minimum absolute atomic E-state index is 0.101. The Balaban J connectivity index is 0.00000206. The summed E-state index contributed by atoms with van der Waals surface area (Å²) in [5, 5.41) is 14.3. The van der Waals surface area contributed by atoms with Crippen molar-refractivity contribution in [3.8, 4) is 0 Å². The van der Waals surface area contributed by atoms with Gasteiger partial charge in [-0.15, -0.1) is 0 Å². The van der Waals surface area contributed by atoms with Gasteiger partial charge in [-0.1, -0.05) is 0 Å². The van der Waals surface area contributed by atoms with Crippen LogP contribution in [0, 0.1) is 0 Å². The molecule has 5 atom stereocenters. The summed E-state index contributed by atoms with van der Waals surface area (Å²) < 4.78 is 26.4. The number of esters is 4. The average molecular weight is 466 g/mol. The van der Waals surface area contributed by atoms with Gasteiger partial charge in [-0.3, -0.25) is 30.3 Å². The van der Waals surface area contributed by atoms with Crippen LogP contribution in [0.15, 0.2) is 0 Å². The Kier molecular flexibility index (Phi) is 12.2. The largest absolute Gasteiger partial charge is 0.550 e. The van der Waals surface area contributed by atoms with Gasteiger partial charge >= 0.3 is 29.0 Å². The van der Waals surface area contributed by atoms with Crippen molar-refractivity contribution in [2.24, 2.45) is 5.73 Å². The summed E-state index contributed by atoms with van der Waals surface area (Å²) in [6, 6.07) is 0. The molecule has 1 aliphatic heterocycles. The number of thioether (sulfide) groups is 1. The number of nitrogens with two attached hydrogens (primary N) is 2. The zero-order valence-corrected chi connectivity index (χ0v) is 18.5. The Labute approximate surface area is 182 Å². The molecule has 1 saturated heterocycles. The van der Waals surface area contributed by atoms with Gasteiger partial charge in [0.15, 0.2) is 23.7 Å². The van der Waals surface area contributed by atoms with Crippen LogP contribution >= 0.6 is 11.8 Å². The number of hydrogen-bond donors (Lipinski definition) is 2. The third kappa shape index (κ3) is 11.8. The van der Waals surface area contributed by atoms with Crippen LogP contribution in [0.3, 0.4) is 0 Å². The van der Waals surface area contributed by atoms with Gasteiger partial charge in [-0.05, 0) is 18.7 Å². The third-order valence-corrected chi connectivity index (χ3v) is 4.08. The minimum atomic E-state index is -1.23. The van der Waals surface area contributed by atoms with Gasteiger partial charge < -0.3 is 33.6 Å². The molecule has 0 aliphatic carbocycles. The lowest BCUT2D eigenvalue weighted by atomic mass is 9.99. The van der Waals surface area contributed by atoms with Crippen molar-refractivity contribution >= 4 is 46.8 Å². The van der Waals surface area contributed by atoms with Gasteiger partial charge in [0, 0.05) is 33.7 Å². The molecule has 0 aromatic heterocycles. The van der Waals surface area contributed by atoms with Crippen LogP contribution in [-0.4, -0.2) is 71.5 Å². The maximum atomic E-state index is 11.6. The van der Waals surface area contributed by atoms with Crippen molar-refractivity contribution < 1.29 is 58.2 Å². The van der Waals surface area contributed by atoms with Crippen LogP contribution in [0.4, 0.5) is 0 Å². The normalized spacial score (nSPS) is 24.5. The van der Waals surface area contributed by atoms with Gasteiger partial charge in [0.05, 0.1) is 0 Å². The maximum Gasteiger partial charge on any atom is 0.303 e. The zero-order chi connectivity index (χ0) is 24.3. The van der Waals surface area contributed by atoms with E-state index in [0.717, 1.165) is 39.5 Å². The highest BCUT2D eigenvalue weighted by Gasteiger charge is 2.53. The molecule has 0 radical (unpaired) electrons. The summed E-state index contributed by atoms with van der Waals surface area (Å²) in [5.74, 6) is -3.79. The predicted octanol–water partition coefficient (Wildman–Crippen LogP) is -3.37. The second-order valence-electron chi connectivity index (χ2n) is 6.08.